The van der Waals surface area contributed by atoms with E-state index in [2.05, 4.69) is 4.98 Å². The molecule has 1 aromatic heterocycles. The predicted molar refractivity (Wildman–Crippen MR) is 102 cm³/mol. The molecule has 0 N–H and O–H groups in total. The highest BCUT2D eigenvalue weighted by Gasteiger charge is 2.12. The Balaban J connectivity index is 1.62. The highest BCUT2D eigenvalue weighted by Crippen LogP contribution is 2.24. The number of hydrogen-bond acceptors (Lipinski definition) is 6. The molecule has 0 atom stereocenters. The SMILES string of the molecule is Cc1oc(-c2ccc(OCc3ccccc3)cc2)nc1CCOS(C)(=O)=O. The minimum Gasteiger partial charge on any atom is -0.489 e. The van der Waals surface area contributed by atoms with Gasteiger partial charge in [-0.1, -0.05) is 30.3 Å². The fraction of sp³-hybridized carbons (Fsp3) is 0.250. The lowest BCUT2D eigenvalue weighted by Gasteiger charge is -2.06. The summed E-state index contributed by atoms with van der Waals surface area (Å²) in [4.78, 5) is 4.44. The van der Waals surface area contributed by atoms with E-state index in [0.717, 1.165) is 23.1 Å². The van der Waals surface area contributed by atoms with Gasteiger partial charge in [0.15, 0.2) is 0 Å². The first-order chi connectivity index (χ1) is 12.9. The van der Waals surface area contributed by atoms with Gasteiger partial charge in [-0.25, -0.2) is 4.98 Å². The first-order valence-electron chi connectivity index (χ1n) is 8.48. The van der Waals surface area contributed by atoms with Gasteiger partial charge in [-0.2, -0.15) is 8.42 Å². The molecule has 3 aromatic rings. The van der Waals surface area contributed by atoms with Gasteiger partial charge in [-0.05, 0) is 36.8 Å². The molecule has 0 spiro atoms. The van der Waals surface area contributed by atoms with Crippen LogP contribution in [0.1, 0.15) is 17.0 Å². The Morgan fingerprint density at radius 2 is 1.74 bits per heavy atom. The van der Waals surface area contributed by atoms with E-state index >= 15 is 0 Å². The van der Waals surface area contributed by atoms with Crippen molar-refractivity contribution in [3.8, 4) is 17.2 Å². The summed E-state index contributed by atoms with van der Waals surface area (Å²) in [6.07, 6.45) is 1.39. The maximum absolute atomic E-state index is 11.0. The largest absolute Gasteiger partial charge is 0.489 e. The first kappa shape index (κ1) is 19.1. The molecule has 2 aromatic carbocycles. The zero-order valence-corrected chi connectivity index (χ0v) is 16.0. The van der Waals surface area contributed by atoms with Crippen LogP contribution in [0, 0.1) is 6.92 Å². The summed E-state index contributed by atoms with van der Waals surface area (Å²) in [5.41, 5.74) is 2.60. The van der Waals surface area contributed by atoms with Gasteiger partial charge in [-0.15, -0.1) is 0 Å². The van der Waals surface area contributed by atoms with Crippen LogP contribution in [0.4, 0.5) is 0 Å². The van der Waals surface area contributed by atoms with Crippen LogP contribution >= 0.6 is 0 Å². The van der Waals surface area contributed by atoms with Gasteiger partial charge >= 0.3 is 0 Å². The van der Waals surface area contributed by atoms with Gasteiger partial charge in [0.2, 0.25) is 5.89 Å². The topological polar surface area (TPSA) is 78.6 Å². The van der Waals surface area contributed by atoms with Gasteiger partial charge in [0.05, 0.1) is 18.6 Å². The van der Waals surface area contributed by atoms with E-state index in [1.165, 1.54) is 0 Å². The molecular formula is C20H21NO5S. The Bertz CT molecular complexity index is 979. The molecule has 0 aliphatic carbocycles. The Morgan fingerprint density at radius 1 is 1.04 bits per heavy atom. The third-order valence-electron chi connectivity index (χ3n) is 3.88. The van der Waals surface area contributed by atoms with Crippen molar-refractivity contribution in [3.05, 3.63) is 71.6 Å². The van der Waals surface area contributed by atoms with Crippen molar-refractivity contribution in [2.75, 3.05) is 12.9 Å². The third kappa shape index (κ3) is 5.67. The predicted octanol–water partition coefficient (Wildman–Crippen LogP) is 3.75. The summed E-state index contributed by atoms with van der Waals surface area (Å²) in [7, 11) is -3.46. The van der Waals surface area contributed by atoms with Gasteiger partial charge in [0, 0.05) is 12.0 Å². The zero-order chi connectivity index (χ0) is 19.3. The van der Waals surface area contributed by atoms with Crippen LogP contribution in [-0.4, -0.2) is 26.3 Å². The van der Waals surface area contributed by atoms with Crippen molar-refractivity contribution < 1.29 is 21.8 Å². The lowest BCUT2D eigenvalue weighted by Crippen LogP contribution is -2.06. The van der Waals surface area contributed by atoms with Crippen molar-refractivity contribution in [1.29, 1.82) is 0 Å². The van der Waals surface area contributed by atoms with E-state index in [9.17, 15) is 8.42 Å². The second kappa shape index (κ2) is 8.37. The maximum atomic E-state index is 11.0. The standard InChI is InChI=1S/C20H21NO5S/c1-15-19(12-13-25-27(2,22)23)21-20(26-15)17-8-10-18(11-9-17)24-14-16-6-4-3-5-7-16/h3-11H,12-14H2,1-2H3. The summed E-state index contributed by atoms with van der Waals surface area (Å²) in [6, 6.07) is 17.4. The summed E-state index contributed by atoms with van der Waals surface area (Å²) >= 11 is 0. The number of aromatic nitrogens is 1. The van der Waals surface area contributed by atoms with Crippen molar-refractivity contribution in [1.82, 2.24) is 4.98 Å². The monoisotopic (exact) mass is 387 g/mol. The summed E-state index contributed by atoms with van der Waals surface area (Å²) < 4.78 is 38.3. The Morgan fingerprint density at radius 3 is 2.41 bits per heavy atom. The first-order valence-corrected chi connectivity index (χ1v) is 10.3. The fourth-order valence-corrected chi connectivity index (χ4v) is 2.89. The summed E-state index contributed by atoms with van der Waals surface area (Å²) in [5.74, 6) is 1.88. The summed E-state index contributed by atoms with van der Waals surface area (Å²) in [5, 5.41) is 0. The Kier molecular flexibility index (Phi) is 5.93. The van der Waals surface area contributed by atoms with E-state index < -0.39 is 10.1 Å². The molecule has 0 aliphatic heterocycles. The third-order valence-corrected chi connectivity index (χ3v) is 4.47. The maximum Gasteiger partial charge on any atom is 0.264 e. The molecule has 6 nitrogen and oxygen atoms in total. The van der Waals surface area contributed by atoms with E-state index in [4.69, 9.17) is 13.3 Å². The molecule has 0 amide bonds. The molecule has 0 saturated carbocycles. The molecule has 27 heavy (non-hydrogen) atoms. The second-order valence-corrected chi connectivity index (χ2v) is 7.74. The van der Waals surface area contributed by atoms with Gasteiger partial charge in [-0.3, -0.25) is 4.18 Å². The molecule has 7 heteroatoms. The van der Waals surface area contributed by atoms with Crippen LogP contribution in [0.15, 0.2) is 59.0 Å². The van der Waals surface area contributed by atoms with E-state index in [1.54, 1.807) is 6.92 Å². The van der Waals surface area contributed by atoms with Crippen LogP contribution in [-0.2, 0) is 27.3 Å². The van der Waals surface area contributed by atoms with E-state index in [0.29, 0.717) is 30.4 Å². The summed E-state index contributed by atoms with van der Waals surface area (Å²) in [6.45, 7) is 2.34. The number of rotatable bonds is 8. The van der Waals surface area contributed by atoms with Gasteiger partial charge in [0.25, 0.3) is 10.1 Å². The molecule has 1 heterocycles. The second-order valence-electron chi connectivity index (χ2n) is 6.10. The van der Waals surface area contributed by atoms with Crippen molar-refractivity contribution in [2.45, 2.75) is 20.0 Å². The molecule has 0 fully saturated rings. The molecule has 0 unspecified atom stereocenters. The smallest absolute Gasteiger partial charge is 0.264 e. The highest BCUT2D eigenvalue weighted by atomic mass is 32.2. The highest BCUT2D eigenvalue weighted by molar-refractivity contribution is 7.85. The number of aryl methyl sites for hydroxylation is 1. The minimum atomic E-state index is -3.46. The molecule has 0 saturated heterocycles. The van der Waals surface area contributed by atoms with Crippen LogP contribution in [0.25, 0.3) is 11.5 Å². The molecule has 3 rings (SSSR count). The number of oxazole rings is 1. The molecule has 0 aliphatic rings. The minimum absolute atomic E-state index is 0.0396. The van der Waals surface area contributed by atoms with Gasteiger partial charge in [0.1, 0.15) is 18.1 Å². The van der Waals surface area contributed by atoms with Crippen LogP contribution in [0.2, 0.25) is 0 Å². The van der Waals surface area contributed by atoms with Crippen molar-refractivity contribution in [2.24, 2.45) is 0 Å². The number of hydrogen-bond donors (Lipinski definition) is 0. The van der Waals surface area contributed by atoms with Crippen molar-refractivity contribution >= 4 is 10.1 Å². The Hall–Kier alpha value is -2.64. The lowest BCUT2D eigenvalue weighted by molar-refractivity contribution is 0.306. The normalized spacial score (nSPS) is 11.5. The molecular weight excluding hydrogens is 366 g/mol. The van der Waals surface area contributed by atoms with Crippen LogP contribution in [0.5, 0.6) is 5.75 Å². The zero-order valence-electron chi connectivity index (χ0n) is 15.2. The molecule has 142 valence electrons. The number of benzene rings is 2. The van der Waals surface area contributed by atoms with Crippen LogP contribution in [0.3, 0.4) is 0 Å². The number of ether oxygens (including phenoxy) is 1. The molecule has 0 bridgehead atoms. The average Bonchev–Trinajstić information content (AvgIpc) is 3.01. The quantitative estimate of drug-likeness (QED) is 0.548. The average molecular weight is 387 g/mol. The number of nitrogens with zero attached hydrogens (tertiary/aromatic N) is 1. The molecule has 0 radical (unpaired) electrons. The lowest BCUT2D eigenvalue weighted by atomic mass is 10.2. The van der Waals surface area contributed by atoms with E-state index in [-0.39, 0.29) is 6.61 Å². The van der Waals surface area contributed by atoms with Crippen molar-refractivity contribution in [3.63, 3.8) is 0 Å². The Labute approximate surface area is 158 Å². The van der Waals surface area contributed by atoms with Gasteiger partial charge < -0.3 is 9.15 Å². The fourth-order valence-electron chi connectivity index (χ4n) is 2.51. The van der Waals surface area contributed by atoms with E-state index in [1.807, 2.05) is 54.6 Å². The van der Waals surface area contributed by atoms with Crippen LogP contribution < -0.4 is 4.74 Å².